The van der Waals surface area contributed by atoms with Crippen LogP contribution in [0.3, 0.4) is 0 Å². The first-order valence-corrected chi connectivity index (χ1v) is 7.51. The average molecular weight is 308 g/mol. The molecule has 2 unspecified atom stereocenters. The van der Waals surface area contributed by atoms with Crippen LogP contribution >= 0.6 is 11.6 Å². The minimum absolute atomic E-state index is 0.164. The topological polar surface area (TPSA) is 53.1 Å². The van der Waals surface area contributed by atoms with Crippen molar-refractivity contribution < 1.29 is 4.74 Å². The van der Waals surface area contributed by atoms with E-state index in [4.69, 9.17) is 22.1 Å². The molecular formula is C16H22ClN3O. The monoisotopic (exact) mass is 307 g/mol. The van der Waals surface area contributed by atoms with Crippen LogP contribution in [0.1, 0.15) is 30.0 Å². The van der Waals surface area contributed by atoms with Crippen molar-refractivity contribution in [2.45, 2.75) is 39.0 Å². The quantitative estimate of drug-likeness (QED) is 0.892. The zero-order valence-electron chi connectivity index (χ0n) is 12.7. The van der Waals surface area contributed by atoms with Gasteiger partial charge in [0.15, 0.2) is 0 Å². The summed E-state index contributed by atoms with van der Waals surface area (Å²) >= 11 is 6.35. The number of aromatic nitrogens is 2. The first-order chi connectivity index (χ1) is 10.1. The number of nitrogens with two attached hydrogens (primary N) is 1. The van der Waals surface area contributed by atoms with Gasteiger partial charge in [0.1, 0.15) is 0 Å². The van der Waals surface area contributed by atoms with E-state index in [1.807, 2.05) is 48.9 Å². The fourth-order valence-electron chi connectivity index (χ4n) is 2.60. The number of hydrogen-bond acceptors (Lipinski definition) is 3. The summed E-state index contributed by atoms with van der Waals surface area (Å²) in [5, 5.41) is 5.13. The van der Waals surface area contributed by atoms with Crippen LogP contribution in [0.25, 0.3) is 0 Å². The number of aryl methyl sites for hydroxylation is 2. The summed E-state index contributed by atoms with van der Waals surface area (Å²) in [5.74, 6) is 0. The van der Waals surface area contributed by atoms with Gasteiger partial charge in [0.2, 0.25) is 0 Å². The van der Waals surface area contributed by atoms with Crippen LogP contribution < -0.4 is 5.73 Å². The fourth-order valence-corrected chi connectivity index (χ4v) is 2.81. The predicted octanol–water partition coefficient (Wildman–Crippen LogP) is 3.12. The Morgan fingerprint density at radius 2 is 2.00 bits per heavy atom. The molecule has 0 aliphatic carbocycles. The third kappa shape index (κ3) is 3.46. The summed E-state index contributed by atoms with van der Waals surface area (Å²) in [5.41, 5.74) is 9.26. The minimum atomic E-state index is -0.184. The van der Waals surface area contributed by atoms with Gasteiger partial charge in [-0.05, 0) is 19.4 Å². The van der Waals surface area contributed by atoms with E-state index in [1.165, 1.54) is 0 Å². The number of halogens is 1. The van der Waals surface area contributed by atoms with Crippen LogP contribution in [0.15, 0.2) is 30.3 Å². The van der Waals surface area contributed by atoms with Crippen molar-refractivity contribution in [2.75, 3.05) is 7.11 Å². The molecule has 1 heterocycles. The largest absolute Gasteiger partial charge is 0.375 e. The lowest BCUT2D eigenvalue weighted by molar-refractivity contribution is 0.0797. The molecule has 0 amide bonds. The van der Waals surface area contributed by atoms with E-state index in [9.17, 15) is 0 Å². The maximum atomic E-state index is 6.37. The highest BCUT2D eigenvalue weighted by Gasteiger charge is 2.23. The maximum Gasteiger partial charge on any atom is 0.0975 e. The molecule has 1 aromatic heterocycles. The van der Waals surface area contributed by atoms with Crippen LogP contribution in [0, 0.1) is 6.92 Å². The number of benzene rings is 1. The second-order valence-corrected chi connectivity index (χ2v) is 5.47. The Labute approximate surface area is 130 Å². The molecule has 0 aliphatic rings. The van der Waals surface area contributed by atoms with E-state index in [-0.39, 0.29) is 12.1 Å². The standard InChI is InChI=1S/C16H22ClN3O/c1-4-20-14(15(17)11(2)19-20)10-13(18)16(21-3)12-8-6-5-7-9-12/h5-9,13,16H,4,10,18H2,1-3H3. The van der Waals surface area contributed by atoms with E-state index >= 15 is 0 Å². The number of methoxy groups -OCH3 is 1. The Kier molecular flexibility index (Phi) is 5.39. The van der Waals surface area contributed by atoms with Crippen LogP contribution in [0.5, 0.6) is 0 Å². The smallest absolute Gasteiger partial charge is 0.0975 e. The highest BCUT2D eigenvalue weighted by Crippen LogP contribution is 2.26. The molecule has 2 aromatic rings. The summed E-state index contributed by atoms with van der Waals surface area (Å²) < 4.78 is 7.50. The molecule has 5 heteroatoms. The molecule has 0 saturated carbocycles. The van der Waals surface area contributed by atoms with E-state index in [0.717, 1.165) is 23.5 Å². The Morgan fingerprint density at radius 3 is 2.57 bits per heavy atom. The fraction of sp³-hybridized carbons (Fsp3) is 0.438. The van der Waals surface area contributed by atoms with E-state index in [1.54, 1.807) is 7.11 Å². The molecule has 0 fully saturated rings. The molecule has 114 valence electrons. The molecular weight excluding hydrogens is 286 g/mol. The third-order valence-corrected chi connectivity index (χ3v) is 4.14. The van der Waals surface area contributed by atoms with Gasteiger partial charge in [0, 0.05) is 26.1 Å². The van der Waals surface area contributed by atoms with Crippen molar-refractivity contribution >= 4 is 11.6 Å². The number of nitrogens with zero attached hydrogens (tertiary/aromatic N) is 2. The van der Waals surface area contributed by atoms with Gasteiger partial charge in [-0.25, -0.2) is 0 Å². The molecule has 0 saturated heterocycles. The maximum absolute atomic E-state index is 6.37. The SMILES string of the molecule is CCn1nc(C)c(Cl)c1CC(N)C(OC)c1ccccc1. The highest BCUT2D eigenvalue weighted by molar-refractivity contribution is 6.31. The molecule has 1 aromatic carbocycles. The van der Waals surface area contributed by atoms with Gasteiger partial charge in [0.25, 0.3) is 0 Å². The molecule has 21 heavy (non-hydrogen) atoms. The van der Waals surface area contributed by atoms with Gasteiger partial charge in [-0.1, -0.05) is 41.9 Å². The van der Waals surface area contributed by atoms with Crippen molar-refractivity contribution in [3.05, 3.63) is 52.3 Å². The van der Waals surface area contributed by atoms with Crippen molar-refractivity contribution in [1.82, 2.24) is 9.78 Å². The lowest BCUT2D eigenvalue weighted by Crippen LogP contribution is -2.32. The first kappa shape index (κ1) is 16.0. The highest BCUT2D eigenvalue weighted by atomic mass is 35.5. The predicted molar refractivity (Wildman–Crippen MR) is 85.5 cm³/mol. The Hall–Kier alpha value is -1.36. The Balaban J connectivity index is 2.22. The molecule has 2 rings (SSSR count). The summed E-state index contributed by atoms with van der Waals surface area (Å²) in [6.07, 6.45) is 0.462. The van der Waals surface area contributed by atoms with E-state index in [0.29, 0.717) is 11.4 Å². The molecule has 0 spiro atoms. The summed E-state index contributed by atoms with van der Waals surface area (Å²) in [6, 6.07) is 9.82. The second-order valence-electron chi connectivity index (χ2n) is 5.10. The van der Waals surface area contributed by atoms with Crippen molar-refractivity contribution in [1.29, 1.82) is 0 Å². The van der Waals surface area contributed by atoms with Gasteiger partial charge >= 0.3 is 0 Å². The second kappa shape index (κ2) is 7.07. The van der Waals surface area contributed by atoms with Crippen LogP contribution in [-0.4, -0.2) is 22.9 Å². The Morgan fingerprint density at radius 1 is 1.33 bits per heavy atom. The molecule has 4 nitrogen and oxygen atoms in total. The minimum Gasteiger partial charge on any atom is -0.375 e. The number of rotatable bonds is 6. The van der Waals surface area contributed by atoms with Gasteiger partial charge in [-0.15, -0.1) is 0 Å². The van der Waals surface area contributed by atoms with Crippen LogP contribution in [-0.2, 0) is 17.7 Å². The Bertz CT molecular complexity index is 583. The van der Waals surface area contributed by atoms with Gasteiger partial charge in [0.05, 0.1) is 22.5 Å². The summed E-state index contributed by atoms with van der Waals surface area (Å²) in [7, 11) is 1.68. The first-order valence-electron chi connectivity index (χ1n) is 7.13. The normalized spacial score (nSPS) is 14.1. The molecule has 0 radical (unpaired) electrons. The lowest BCUT2D eigenvalue weighted by Gasteiger charge is -2.23. The van der Waals surface area contributed by atoms with Crippen LogP contribution in [0.2, 0.25) is 5.02 Å². The molecule has 0 aliphatic heterocycles. The van der Waals surface area contributed by atoms with Gasteiger partial charge < -0.3 is 10.5 Å². The van der Waals surface area contributed by atoms with Crippen molar-refractivity contribution in [3.8, 4) is 0 Å². The van der Waals surface area contributed by atoms with Gasteiger partial charge in [-0.3, -0.25) is 4.68 Å². The molecule has 2 N–H and O–H groups in total. The molecule has 0 bridgehead atoms. The third-order valence-electron chi connectivity index (χ3n) is 3.65. The van der Waals surface area contributed by atoms with Crippen molar-refractivity contribution in [3.63, 3.8) is 0 Å². The number of ether oxygens (including phenoxy) is 1. The van der Waals surface area contributed by atoms with Crippen LogP contribution in [0.4, 0.5) is 0 Å². The number of hydrogen-bond donors (Lipinski definition) is 1. The zero-order chi connectivity index (χ0) is 15.4. The van der Waals surface area contributed by atoms with Crippen molar-refractivity contribution in [2.24, 2.45) is 5.73 Å². The summed E-state index contributed by atoms with van der Waals surface area (Å²) in [6.45, 7) is 4.73. The zero-order valence-corrected chi connectivity index (χ0v) is 13.5. The van der Waals surface area contributed by atoms with E-state index < -0.39 is 0 Å². The lowest BCUT2D eigenvalue weighted by atomic mass is 9.99. The average Bonchev–Trinajstić information content (AvgIpc) is 2.77. The molecule has 2 atom stereocenters. The van der Waals surface area contributed by atoms with Gasteiger partial charge in [-0.2, -0.15) is 5.10 Å². The summed E-state index contributed by atoms with van der Waals surface area (Å²) in [4.78, 5) is 0. The van der Waals surface area contributed by atoms with E-state index in [2.05, 4.69) is 5.10 Å².